The third kappa shape index (κ3) is 5.27. The van der Waals surface area contributed by atoms with Gasteiger partial charge in [-0.2, -0.15) is 0 Å². The second-order valence-electron chi connectivity index (χ2n) is 4.77. The van der Waals surface area contributed by atoms with Crippen LogP contribution in [0.1, 0.15) is 19.4 Å². The number of alkyl carbamates (subject to hydrolysis) is 1. The lowest BCUT2D eigenvalue weighted by atomic mass is 10.1. The zero-order chi connectivity index (χ0) is 16.7. The Bertz CT molecular complexity index is 709. The number of rotatable bonds is 5. The lowest BCUT2D eigenvalue weighted by molar-refractivity contribution is 0.151. The van der Waals surface area contributed by atoms with E-state index in [-0.39, 0.29) is 18.4 Å². The van der Waals surface area contributed by atoms with Crippen molar-refractivity contribution in [3.8, 4) is 0 Å². The van der Waals surface area contributed by atoms with Gasteiger partial charge in [0.05, 0.1) is 6.61 Å². The number of aromatic nitrogens is 1. The number of fused-ring (bicyclic) bond motifs is 1. The molecule has 0 atom stereocenters. The number of nitrogens with zero attached hydrogens (tertiary/aromatic N) is 1. The second kappa shape index (κ2) is 9.57. The van der Waals surface area contributed by atoms with Gasteiger partial charge in [0.15, 0.2) is 0 Å². The summed E-state index contributed by atoms with van der Waals surface area (Å²) in [6.07, 6.45) is 1.23. The maximum atomic E-state index is 11.5. The fourth-order valence-electron chi connectivity index (χ4n) is 2.13. The third-order valence-electron chi connectivity index (χ3n) is 3.13. The van der Waals surface area contributed by atoms with Crippen LogP contribution in [0.5, 0.6) is 0 Å². The molecular formula is C16H21ClN4O3. The highest BCUT2D eigenvalue weighted by Crippen LogP contribution is 2.20. The number of carbonyl (C=O) groups is 2. The topological polar surface area (TPSA) is 92.4 Å². The fraction of sp³-hybridized carbons (Fsp3) is 0.312. The van der Waals surface area contributed by atoms with Gasteiger partial charge in [-0.05, 0) is 30.9 Å². The van der Waals surface area contributed by atoms with Crippen LogP contribution in [-0.2, 0) is 11.3 Å². The van der Waals surface area contributed by atoms with E-state index in [1.807, 2.05) is 25.1 Å². The Morgan fingerprint density at radius 1 is 1.21 bits per heavy atom. The largest absolute Gasteiger partial charge is 0.450 e. The summed E-state index contributed by atoms with van der Waals surface area (Å²) in [5.41, 5.74) is 0.924. The lowest BCUT2D eigenvalue weighted by Crippen LogP contribution is -2.28. The summed E-state index contributed by atoms with van der Waals surface area (Å²) >= 11 is 0. The molecule has 0 radical (unpaired) electrons. The molecule has 0 saturated carbocycles. The first kappa shape index (κ1) is 19.5. The minimum Gasteiger partial charge on any atom is -0.450 e. The minimum absolute atomic E-state index is 0. The quantitative estimate of drug-likeness (QED) is 0.771. The summed E-state index contributed by atoms with van der Waals surface area (Å²) in [5, 5.41) is 9.84. The number of ether oxygens (including phenoxy) is 1. The molecule has 0 aliphatic carbocycles. The fourth-order valence-corrected chi connectivity index (χ4v) is 2.13. The average molecular weight is 353 g/mol. The number of amides is 3. The first-order valence-electron chi connectivity index (χ1n) is 7.47. The maximum absolute atomic E-state index is 11.5. The molecule has 2 aromatic rings. The lowest BCUT2D eigenvalue weighted by Gasteiger charge is -2.10. The number of hydrogen-bond acceptors (Lipinski definition) is 4. The van der Waals surface area contributed by atoms with Gasteiger partial charge in [-0.1, -0.05) is 18.2 Å². The molecule has 1 aromatic heterocycles. The molecule has 1 aromatic carbocycles. The van der Waals surface area contributed by atoms with Gasteiger partial charge in [0, 0.05) is 24.7 Å². The first-order chi connectivity index (χ1) is 11.1. The van der Waals surface area contributed by atoms with Gasteiger partial charge in [0.2, 0.25) is 0 Å². The van der Waals surface area contributed by atoms with Crippen molar-refractivity contribution in [3.63, 3.8) is 0 Å². The van der Waals surface area contributed by atoms with Crippen LogP contribution in [0.25, 0.3) is 10.8 Å². The first-order valence-corrected chi connectivity index (χ1v) is 7.47. The Morgan fingerprint density at radius 3 is 2.71 bits per heavy atom. The monoisotopic (exact) mass is 352 g/mol. The van der Waals surface area contributed by atoms with Crippen LogP contribution in [0.3, 0.4) is 0 Å². The highest BCUT2D eigenvalue weighted by atomic mass is 35.5. The normalized spacial score (nSPS) is 9.75. The molecule has 0 aliphatic heterocycles. The van der Waals surface area contributed by atoms with E-state index >= 15 is 0 Å². The van der Waals surface area contributed by atoms with Crippen LogP contribution in [0.15, 0.2) is 30.5 Å². The number of benzene rings is 1. The van der Waals surface area contributed by atoms with E-state index in [9.17, 15) is 9.59 Å². The van der Waals surface area contributed by atoms with E-state index in [0.29, 0.717) is 25.5 Å². The van der Waals surface area contributed by atoms with Crippen molar-refractivity contribution >= 4 is 41.1 Å². The summed E-state index contributed by atoms with van der Waals surface area (Å²) in [5.74, 6) is 0.471. The minimum atomic E-state index is -0.452. The second-order valence-corrected chi connectivity index (χ2v) is 4.77. The van der Waals surface area contributed by atoms with Crippen molar-refractivity contribution < 1.29 is 14.3 Å². The summed E-state index contributed by atoms with van der Waals surface area (Å²) < 4.78 is 4.84. The summed E-state index contributed by atoms with van der Waals surface area (Å²) in [6, 6.07) is 7.22. The molecule has 3 amide bonds. The van der Waals surface area contributed by atoms with E-state index in [1.165, 1.54) is 0 Å². The van der Waals surface area contributed by atoms with Crippen LogP contribution < -0.4 is 16.0 Å². The molecule has 0 spiro atoms. The van der Waals surface area contributed by atoms with Crippen LogP contribution in [-0.4, -0.2) is 30.3 Å². The highest BCUT2D eigenvalue weighted by molar-refractivity contribution is 5.92. The molecular weight excluding hydrogens is 332 g/mol. The molecule has 7 nitrogen and oxygen atoms in total. The summed E-state index contributed by atoms with van der Waals surface area (Å²) in [7, 11) is 0. The molecule has 0 aliphatic rings. The Morgan fingerprint density at radius 2 is 2.00 bits per heavy atom. The van der Waals surface area contributed by atoms with Gasteiger partial charge in [-0.25, -0.2) is 14.6 Å². The van der Waals surface area contributed by atoms with Crippen LogP contribution in [0, 0.1) is 0 Å². The molecule has 0 unspecified atom stereocenters. The number of nitrogens with one attached hydrogen (secondary N) is 3. The number of anilines is 1. The molecule has 24 heavy (non-hydrogen) atoms. The van der Waals surface area contributed by atoms with Gasteiger partial charge in [0.25, 0.3) is 0 Å². The zero-order valence-corrected chi connectivity index (χ0v) is 14.4. The highest BCUT2D eigenvalue weighted by Gasteiger charge is 2.07. The SMILES string of the molecule is CCNC(=O)Nc1cc2cccc(CNC(=O)OCC)c2cn1.Cl. The smallest absolute Gasteiger partial charge is 0.407 e. The zero-order valence-electron chi connectivity index (χ0n) is 13.6. The summed E-state index contributed by atoms with van der Waals surface area (Å²) in [4.78, 5) is 27.2. The Hall–Kier alpha value is -2.54. The molecule has 0 bridgehead atoms. The number of urea groups is 1. The van der Waals surface area contributed by atoms with E-state index in [0.717, 1.165) is 16.3 Å². The Labute approximate surface area is 146 Å². The van der Waals surface area contributed by atoms with Gasteiger partial charge >= 0.3 is 12.1 Å². The van der Waals surface area contributed by atoms with Crippen molar-refractivity contribution in [2.45, 2.75) is 20.4 Å². The Balaban J connectivity index is 0.00000288. The number of halogens is 1. The van der Waals surface area contributed by atoms with Crippen LogP contribution in [0.2, 0.25) is 0 Å². The number of pyridine rings is 1. The predicted octanol–water partition coefficient (Wildman–Crippen LogP) is 3.04. The van der Waals surface area contributed by atoms with Gasteiger partial charge in [0.1, 0.15) is 5.82 Å². The van der Waals surface area contributed by atoms with E-state index in [2.05, 4.69) is 20.9 Å². The molecule has 0 fully saturated rings. The molecule has 3 N–H and O–H groups in total. The van der Waals surface area contributed by atoms with Crippen molar-refractivity contribution in [2.75, 3.05) is 18.5 Å². The number of hydrogen-bond donors (Lipinski definition) is 3. The predicted molar refractivity (Wildman–Crippen MR) is 95.5 cm³/mol. The molecule has 1 heterocycles. The van der Waals surface area contributed by atoms with Gasteiger partial charge < -0.3 is 15.4 Å². The van der Waals surface area contributed by atoms with Gasteiger partial charge in [-0.15, -0.1) is 12.4 Å². The summed E-state index contributed by atoms with van der Waals surface area (Å²) in [6.45, 7) is 4.82. The van der Waals surface area contributed by atoms with Crippen molar-refractivity contribution in [3.05, 3.63) is 36.0 Å². The molecule has 8 heteroatoms. The van der Waals surface area contributed by atoms with Crippen molar-refractivity contribution in [2.24, 2.45) is 0 Å². The Kier molecular flexibility index (Phi) is 7.77. The van der Waals surface area contributed by atoms with Crippen LogP contribution >= 0.6 is 12.4 Å². The number of carbonyl (C=O) groups excluding carboxylic acids is 2. The van der Waals surface area contributed by atoms with E-state index < -0.39 is 6.09 Å². The van der Waals surface area contributed by atoms with Crippen molar-refractivity contribution in [1.29, 1.82) is 0 Å². The van der Waals surface area contributed by atoms with Gasteiger partial charge in [-0.3, -0.25) is 5.32 Å². The van der Waals surface area contributed by atoms with E-state index in [4.69, 9.17) is 4.74 Å². The van der Waals surface area contributed by atoms with Crippen molar-refractivity contribution in [1.82, 2.24) is 15.6 Å². The van der Waals surface area contributed by atoms with E-state index in [1.54, 1.807) is 19.2 Å². The third-order valence-corrected chi connectivity index (χ3v) is 3.13. The molecule has 2 rings (SSSR count). The molecule has 130 valence electrons. The standard InChI is InChI=1S/C16H20N4O3.ClH/c1-3-17-15(21)20-14-8-11-6-5-7-12(13(11)10-18-14)9-19-16(22)23-4-2;/h5-8,10H,3-4,9H2,1-2H3,(H,19,22)(H2,17,18,20,21);1H. The molecule has 0 saturated heterocycles. The van der Waals surface area contributed by atoms with Crippen LogP contribution in [0.4, 0.5) is 15.4 Å². The average Bonchev–Trinajstić information content (AvgIpc) is 2.53. The maximum Gasteiger partial charge on any atom is 0.407 e.